The molecule has 1 aliphatic carbocycles. The van der Waals surface area contributed by atoms with Crippen molar-refractivity contribution in [2.24, 2.45) is 0 Å². The minimum Gasteiger partial charge on any atom is -0.506 e. The molecule has 4 rings (SSSR count). The van der Waals surface area contributed by atoms with E-state index >= 15 is 0 Å². The van der Waals surface area contributed by atoms with Crippen molar-refractivity contribution in [3.05, 3.63) is 35.7 Å². The third-order valence-corrected chi connectivity index (χ3v) is 5.03. The van der Waals surface area contributed by atoms with Gasteiger partial charge in [0, 0.05) is 49.0 Å². The van der Waals surface area contributed by atoms with Crippen LogP contribution >= 0.6 is 0 Å². The fourth-order valence-electron chi connectivity index (χ4n) is 3.72. The summed E-state index contributed by atoms with van der Waals surface area (Å²) in [5.74, 6) is -0.376. The Labute approximate surface area is 167 Å². The maximum Gasteiger partial charge on any atom is 0.200 e. The molecule has 0 saturated heterocycles. The van der Waals surface area contributed by atoms with Crippen molar-refractivity contribution in [1.82, 2.24) is 25.4 Å². The topological polar surface area (TPSA) is 124 Å². The van der Waals surface area contributed by atoms with E-state index in [1.165, 1.54) is 6.20 Å². The molecule has 0 atom stereocenters. The number of pyridine rings is 1. The largest absolute Gasteiger partial charge is 0.506 e. The number of carbonyl (C=O) groups excluding carboxylic acids is 1. The lowest BCUT2D eigenvalue weighted by Gasteiger charge is -2.19. The first kappa shape index (κ1) is 19.3. The minimum atomic E-state index is -0.233. The molecule has 0 bridgehead atoms. The molecule has 9 heteroatoms. The normalized spacial score (nSPS) is 12.4. The molecule has 2 heterocycles. The van der Waals surface area contributed by atoms with E-state index in [-0.39, 0.29) is 23.7 Å². The van der Waals surface area contributed by atoms with Gasteiger partial charge in [0.2, 0.25) is 0 Å². The predicted molar refractivity (Wildman–Crippen MR) is 110 cm³/mol. The molecule has 5 N–H and O–H groups in total. The van der Waals surface area contributed by atoms with Crippen molar-refractivity contribution in [1.29, 1.82) is 0 Å². The Hall–Kier alpha value is -3.01. The Balaban J connectivity index is 1.86. The van der Waals surface area contributed by atoms with Gasteiger partial charge >= 0.3 is 0 Å². The zero-order chi connectivity index (χ0) is 20.4. The van der Waals surface area contributed by atoms with E-state index in [4.69, 9.17) is 10.2 Å². The van der Waals surface area contributed by atoms with Crippen LogP contribution in [0.3, 0.4) is 0 Å². The minimum absolute atomic E-state index is 0.0731. The second-order valence-electron chi connectivity index (χ2n) is 6.87. The molecule has 0 radical (unpaired) electrons. The average molecular weight is 396 g/mol. The maximum absolute atomic E-state index is 13.4. The van der Waals surface area contributed by atoms with E-state index in [0.717, 1.165) is 23.1 Å². The van der Waals surface area contributed by atoms with Gasteiger partial charge in [-0.1, -0.05) is 0 Å². The van der Waals surface area contributed by atoms with Crippen LogP contribution in [0.2, 0.25) is 0 Å². The van der Waals surface area contributed by atoms with Gasteiger partial charge < -0.3 is 26.2 Å². The summed E-state index contributed by atoms with van der Waals surface area (Å²) in [4.78, 5) is 17.4. The number of aliphatic hydroxyl groups excluding tert-OH is 1. The number of aromatic hydroxyl groups is 1. The van der Waals surface area contributed by atoms with Crippen molar-refractivity contribution in [3.8, 4) is 17.0 Å². The average Bonchev–Trinajstić information content (AvgIpc) is 3.09. The van der Waals surface area contributed by atoms with Crippen LogP contribution in [-0.2, 0) is 6.54 Å². The fourth-order valence-corrected chi connectivity index (χ4v) is 3.72. The summed E-state index contributed by atoms with van der Waals surface area (Å²) in [5.41, 5.74) is 3.52. The number of hydrogen-bond donors (Lipinski definition) is 5. The van der Waals surface area contributed by atoms with Gasteiger partial charge in [0.05, 0.1) is 36.0 Å². The second-order valence-corrected chi connectivity index (χ2v) is 6.87. The van der Waals surface area contributed by atoms with E-state index in [1.54, 1.807) is 6.20 Å². The fraction of sp³-hybridized carbons (Fsp3) is 0.350. The van der Waals surface area contributed by atoms with Crippen LogP contribution in [0.1, 0.15) is 15.9 Å². The quantitative estimate of drug-likeness (QED) is 0.260. The highest BCUT2D eigenvalue weighted by Crippen LogP contribution is 2.43. The summed E-state index contributed by atoms with van der Waals surface area (Å²) < 4.78 is 1.85. The number of aliphatic hydroxyl groups is 1. The van der Waals surface area contributed by atoms with Gasteiger partial charge in [-0.05, 0) is 19.2 Å². The van der Waals surface area contributed by atoms with Crippen molar-refractivity contribution >= 4 is 22.4 Å². The Morgan fingerprint density at radius 3 is 2.76 bits per heavy atom. The van der Waals surface area contributed by atoms with Crippen LogP contribution in [0.5, 0.6) is 5.75 Å². The summed E-state index contributed by atoms with van der Waals surface area (Å²) in [6.45, 7) is 3.21. The van der Waals surface area contributed by atoms with E-state index < -0.39 is 0 Å². The molecule has 0 amide bonds. The first-order valence-corrected chi connectivity index (χ1v) is 9.63. The number of nitrogens with one attached hydrogen (secondary N) is 3. The number of aromatic nitrogens is 3. The molecule has 3 aromatic rings. The molecule has 1 aliphatic rings. The third kappa shape index (κ3) is 3.33. The van der Waals surface area contributed by atoms with E-state index in [9.17, 15) is 9.90 Å². The van der Waals surface area contributed by atoms with Gasteiger partial charge in [-0.3, -0.25) is 14.5 Å². The second kappa shape index (κ2) is 8.16. The molecule has 0 unspecified atom stereocenters. The molecule has 1 aromatic carbocycles. The Kier molecular flexibility index (Phi) is 5.43. The van der Waals surface area contributed by atoms with Crippen molar-refractivity contribution in [2.45, 2.75) is 6.54 Å². The summed E-state index contributed by atoms with van der Waals surface area (Å²) in [5, 5.41) is 34.3. The van der Waals surface area contributed by atoms with Crippen molar-refractivity contribution < 1.29 is 15.0 Å². The Bertz CT molecular complexity index is 1060. The highest BCUT2D eigenvalue weighted by Gasteiger charge is 2.33. The lowest BCUT2D eigenvalue weighted by Crippen LogP contribution is -2.23. The van der Waals surface area contributed by atoms with Gasteiger partial charge in [-0.25, -0.2) is 0 Å². The van der Waals surface area contributed by atoms with Crippen LogP contribution in [0.25, 0.3) is 22.2 Å². The SMILES string of the molecule is CNCCNc1ccc2c3c(nn2CCNCCO)-c2cncc(O)c2C(=O)c13. The summed E-state index contributed by atoms with van der Waals surface area (Å²) in [7, 11) is 1.87. The number of fused-ring (bicyclic) bond motifs is 2. The van der Waals surface area contributed by atoms with E-state index in [1.807, 2.05) is 23.9 Å². The van der Waals surface area contributed by atoms with Crippen LogP contribution < -0.4 is 16.0 Å². The highest BCUT2D eigenvalue weighted by atomic mass is 16.3. The molecule has 0 spiro atoms. The number of ketones is 1. The number of rotatable bonds is 9. The predicted octanol–water partition coefficient (Wildman–Crippen LogP) is 0.561. The monoisotopic (exact) mass is 396 g/mol. The number of benzene rings is 1. The van der Waals surface area contributed by atoms with Crippen LogP contribution in [-0.4, -0.2) is 70.6 Å². The smallest absolute Gasteiger partial charge is 0.200 e. The van der Waals surface area contributed by atoms with E-state index in [0.29, 0.717) is 43.0 Å². The van der Waals surface area contributed by atoms with Gasteiger partial charge in [0.15, 0.2) is 5.78 Å². The van der Waals surface area contributed by atoms with Crippen molar-refractivity contribution in [3.63, 3.8) is 0 Å². The van der Waals surface area contributed by atoms with Gasteiger partial charge in [0.25, 0.3) is 0 Å². The lowest BCUT2D eigenvalue weighted by molar-refractivity contribution is 0.103. The number of nitrogens with zero attached hydrogens (tertiary/aromatic N) is 3. The number of likely N-dealkylation sites (N-methyl/N-ethyl adjacent to an activating group) is 1. The molecule has 152 valence electrons. The molecule has 0 aliphatic heterocycles. The van der Waals surface area contributed by atoms with E-state index in [2.05, 4.69) is 20.9 Å². The number of carbonyl (C=O) groups is 1. The molecule has 0 saturated carbocycles. The molecule has 0 fully saturated rings. The maximum atomic E-state index is 13.4. The summed E-state index contributed by atoms with van der Waals surface area (Å²) in [6.07, 6.45) is 2.86. The molecular weight excluding hydrogens is 372 g/mol. The van der Waals surface area contributed by atoms with Crippen LogP contribution in [0.15, 0.2) is 24.5 Å². The zero-order valence-electron chi connectivity index (χ0n) is 16.2. The number of hydrogen-bond acceptors (Lipinski definition) is 8. The van der Waals surface area contributed by atoms with Crippen molar-refractivity contribution in [2.75, 3.05) is 45.2 Å². The molecule has 9 nitrogen and oxygen atoms in total. The number of anilines is 1. The van der Waals surface area contributed by atoms with Gasteiger partial charge in [-0.2, -0.15) is 5.10 Å². The van der Waals surface area contributed by atoms with Crippen LogP contribution in [0.4, 0.5) is 5.69 Å². The highest BCUT2D eigenvalue weighted by molar-refractivity contribution is 6.28. The Morgan fingerprint density at radius 2 is 1.97 bits per heavy atom. The molecule has 2 aromatic heterocycles. The molecule has 29 heavy (non-hydrogen) atoms. The zero-order valence-corrected chi connectivity index (χ0v) is 16.2. The standard InChI is InChI=1S/C20H24N6O3/c1-21-4-5-24-13-2-3-14-18-17(13)20(29)16-12(10-23-11-15(16)28)19(18)25-26(14)8-6-22-7-9-27/h2-3,10-11,21-22,24,27-28H,4-9H2,1H3. The summed E-state index contributed by atoms with van der Waals surface area (Å²) in [6, 6.07) is 3.84. The van der Waals surface area contributed by atoms with Gasteiger partial charge in [-0.15, -0.1) is 0 Å². The summed E-state index contributed by atoms with van der Waals surface area (Å²) >= 11 is 0. The molecular formula is C20H24N6O3. The lowest BCUT2D eigenvalue weighted by atomic mass is 9.87. The van der Waals surface area contributed by atoms with Gasteiger partial charge in [0.1, 0.15) is 11.4 Å². The first-order chi connectivity index (χ1) is 14.2. The third-order valence-electron chi connectivity index (χ3n) is 5.03. The van der Waals surface area contributed by atoms with Crippen LogP contribution in [0, 0.1) is 0 Å². The first-order valence-electron chi connectivity index (χ1n) is 9.63. The Morgan fingerprint density at radius 1 is 1.10 bits per heavy atom.